The van der Waals surface area contributed by atoms with Crippen molar-refractivity contribution in [2.75, 3.05) is 20.1 Å². The molecule has 2 rings (SSSR count). The van der Waals surface area contributed by atoms with Gasteiger partial charge in [-0.3, -0.25) is 0 Å². The van der Waals surface area contributed by atoms with Gasteiger partial charge in [0.2, 0.25) is 0 Å². The molecule has 1 N–H and O–H groups in total. The van der Waals surface area contributed by atoms with Crippen LogP contribution in [0, 0.1) is 13.8 Å². The number of thiazole rings is 1. The van der Waals surface area contributed by atoms with E-state index in [1.54, 1.807) is 11.3 Å². The van der Waals surface area contributed by atoms with E-state index in [-0.39, 0.29) is 0 Å². The Kier molecular flexibility index (Phi) is 3.85. The van der Waals surface area contributed by atoms with E-state index < -0.39 is 5.60 Å². The van der Waals surface area contributed by atoms with E-state index >= 15 is 0 Å². The standard InChI is InChI=1S/C13H22N2OS/c1-10-11(2)17-12(14-10)9-13(16)5-4-7-15(3)8-6-13/h16H,4-9H2,1-3H3. The monoisotopic (exact) mass is 254 g/mol. The fraction of sp³-hybridized carbons (Fsp3) is 0.769. The molecule has 0 aromatic carbocycles. The zero-order chi connectivity index (χ0) is 12.5. The molecule has 4 heteroatoms. The first-order valence-electron chi connectivity index (χ1n) is 6.32. The maximum absolute atomic E-state index is 10.7. The molecule has 0 amide bonds. The number of likely N-dealkylation sites (tertiary alicyclic amines) is 1. The molecule has 0 bridgehead atoms. The van der Waals surface area contributed by atoms with Gasteiger partial charge in [-0.1, -0.05) is 0 Å². The average Bonchev–Trinajstić information content (AvgIpc) is 2.45. The second kappa shape index (κ2) is 5.04. The minimum absolute atomic E-state index is 0.540. The minimum Gasteiger partial charge on any atom is -0.389 e. The Morgan fingerprint density at radius 2 is 2.12 bits per heavy atom. The van der Waals surface area contributed by atoms with E-state index in [1.165, 1.54) is 4.88 Å². The average molecular weight is 254 g/mol. The first-order valence-corrected chi connectivity index (χ1v) is 7.14. The van der Waals surface area contributed by atoms with E-state index in [0.717, 1.165) is 49.5 Å². The minimum atomic E-state index is -0.540. The van der Waals surface area contributed by atoms with Crippen molar-refractivity contribution in [3.63, 3.8) is 0 Å². The van der Waals surface area contributed by atoms with Gasteiger partial charge in [0.1, 0.15) is 0 Å². The van der Waals surface area contributed by atoms with E-state index in [2.05, 4.69) is 23.9 Å². The van der Waals surface area contributed by atoms with E-state index in [0.29, 0.717) is 0 Å². The fourth-order valence-electron chi connectivity index (χ4n) is 2.39. The van der Waals surface area contributed by atoms with Crippen molar-refractivity contribution < 1.29 is 5.11 Å². The van der Waals surface area contributed by atoms with Crippen LogP contribution >= 0.6 is 11.3 Å². The number of hydrogen-bond donors (Lipinski definition) is 1. The number of nitrogens with zero attached hydrogens (tertiary/aromatic N) is 2. The molecule has 3 nitrogen and oxygen atoms in total. The normalized spacial score (nSPS) is 27.1. The van der Waals surface area contributed by atoms with Crippen LogP contribution in [0.2, 0.25) is 0 Å². The predicted molar refractivity (Wildman–Crippen MR) is 71.6 cm³/mol. The molecule has 1 aromatic rings. The quantitative estimate of drug-likeness (QED) is 0.878. The van der Waals surface area contributed by atoms with Crippen LogP contribution in [-0.2, 0) is 6.42 Å². The lowest BCUT2D eigenvalue weighted by atomic mass is 9.91. The third-order valence-electron chi connectivity index (χ3n) is 3.69. The SMILES string of the molecule is Cc1nc(CC2(O)CCCN(C)CC2)sc1C. The largest absolute Gasteiger partial charge is 0.389 e. The van der Waals surface area contributed by atoms with Crippen LogP contribution in [0.15, 0.2) is 0 Å². The van der Waals surface area contributed by atoms with Crippen molar-refractivity contribution in [3.05, 3.63) is 15.6 Å². The summed E-state index contributed by atoms with van der Waals surface area (Å²) < 4.78 is 0. The molecule has 1 aliphatic heterocycles. The Morgan fingerprint density at radius 3 is 2.76 bits per heavy atom. The molecule has 0 aliphatic carbocycles. The van der Waals surface area contributed by atoms with Gasteiger partial charge in [0.05, 0.1) is 16.3 Å². The third-order valence-corrected chi connectivity index (χ3v) is 4.77. The summed E-state index contributed by atoms with van der Waals surface area (Å²) in [6, 6.07) is 0. The lowest BCUT2D eigenvalue weighted by Crippen LogP contribution is -2.32. The molecule has 0 spiro atoms. The summed E-state index contributed by atoms with van der Waals surface area (Å²) in [5, 5.41) is 11.8. The van der Waals surface area contributed by atoms with Gasteiger partial charge >= 0.3 is 0 Å². The first-order chi connectivity index (χ1) is 7.98. The van der Waals surface area contributed by atoms with Gasteiger partial charge in [0, 0.05) is 17.8 Å². The Hall–Kier alpha value is -0.450. The molecule has 17 heavy (non-hydrogen) atoms. The Bertz CT molecular complexity index is 371. The van der Waals surface area contributed by atoms with Gasteiger partial charge in [-0.05, 0) is 46.7 Å². The van der Waals surface area contributed by atoms with Crippen LogP contribution in [0.3, 0.4) is 0 Å². The zero-order valence-corrected chi connectivity index (χ0v) is 11.8. The molecular formula is C13H22N2OS. The summed E-state index contributed by atoms with van der Waals surface area (Å²) in [6.07, 6.45) is 3.56. The molecule has 1 unspecified atom stereocenters. The first kappa shape index (κ1) is 13.0. The topological polar surface area (TPSA) is 36.4 Å². The Labute approximate surface area is 107 Å². The van der Waals surface area contributed by atoms with Crippen molar-refractivity contribution in [1.82, 2.24) is 9.88 Å². The molecule has 1 aliphatic rings. The van der Waals surface area contributed by atoms with Crippen LogP contribution in [-0.4, -0.2) is 40.7 Å². The Morgan fingerprint density at radius 1 is 1.35 bits per heavy atom. The van der Waals surface area contributed by atoms with Gasteiger partial charge in [0.25, 0.3) is 0 Å². The van der Waals surface area contributed by atoms with Crippen molar-refractivity contribution in [1.29, 1.82) is 0 Å². The lowest BCUT2D eigenvalue weighted by molar-refractivity contribution is 0.0262. The van der Waals surface area contributed by atoms with E-state index in [1.807, 2.05) is 6.92 Å². The second-order valence-electron chi connectivity index (χ2n) is 5.31. The third kappa shape index (κ3) is 3.27. The molecule has 1 fully saturated rings. The van der Waals surface area contributed by atoms with Crippen molar-refractivity contribution in [2.24, 2.45) is 0 Å². The molecule has 0 saturated carbocycles. The van der Waals surface area contributed by atoms with Gasteiger partial charge in [-0.15, -0.1) is 11.3 Å². The predicted octanol–water partition coefficient (Wildman–Crippen LogP) is 2.15. The van der Waals surface area contributed by atoms with Gasteiger partial charge in [-0.25, -0.2) is 4.98 Å². The number of hydrogen-bond acceptors (Lipinski definition) is 4. The second-order valence-corrected chi connectivity index (χ2v) is 6.59. The lowest BCUT2D eigenvalue weighted by Gasteiger charge is -2.25. The molecule has 1 saturated heterocycles. The van der Waals surface area contributed by atoms with Crippen LogP contribution in [0.25, 0.3) is 0 Å². The van der Waals surface area contributed by atoms with Crippen LogP contribution in [0.4, 0.5) is 0 Å². The summed E-state index contributed by atoms with van der Waals surface area (Å²) in [5.41, 5.74) is 0.570. The number of aliphatic hydroxyl groups is 1. The summed E-state index contributed by atoms with van der Waals surface area (Å²) in [5.74, 6) is 0. The van der Waals surface area contributed by atoms with E-state index in [4.69, 9.17) is 0 Å². The highest BCUT2D eigenvalue weighted by molar-refractivity contribution is 7.11. The molecular weight excluding hydrogens is 232 g/mol. The van der Waals surface area contributed by atoms with Crippen molar-refractivity contribution >= 4 is 11.3 Å². The van der Waals surface area contributed by atoms with Gasteiger partial charge in [0.15, 0.2) is 0 Å². The maximum Gasteiger partial charge on any atom is 0.0959 e. The van der Waals surface area contributed by atoms with Crippen molar-refractivity contribution in [2.45, 2.75) is 45.1 Å². The van der Waals surface area contributed by atoms with Gasteiger partial charge in [-0.2, -0.15) is 0 Å². The molecule has 0 radical (unpaired) electrons. The summed E-state index contributed by atoms with van der Waals surface area (Å²) in [4.78, 5) is 8.12. The molecule has 96 valence electrons. The highest BCUT2D eigenvalue weighted by atomic mass is 32.1. The van der Waals surface area contributed by atoms with Crippen LogP contribution in [0.5, 0.6) is 0 Å². The molecule has 1 aromatic heterocycles. The molecule has 2 heterocycles. The zero-order valence-electron chi connectivity index (χ0n) is 11.0. The van der Waals surface area contributed by atoms with Crippen molar-refractivity contribution in [3.8, 4) is 0 Å². The number of aryl methyl sites for hydroxylation is 2. The smallest absolute Gasteiger partial charge is 0.0959 e. The maximum atomic E-state index is 10.7. The fourth-order valence-corrected chi connectivity index (χ4v) is 3.46. The summed E-state index contributed by atoms with van der Waals surface area (Å²) in [6.45, 7) is 6.22. The number of rotatable bonds is 2. The summed E-state index contributed by atoms with van der Waals surface area (Å²) >= 11 is 1.73. The Balaban J connectivity index is 2.05. The van der Waals surface area contributed by atoms with E-state index in [9.17, 15) is 5.11 Å². The highest BCUT2D eigenvalue weighted by Crippen LogP contribution is 2.28. The summed E-state index contributed by atoms with van der Waals surface area (Å²) in [7, 11) is 2.13. The van der Waals surface area contributed by atoms with Crippen LogP contribution in [0.1, 0.15) is 34.8 Å². The number of aromatic nitrogens is 1. The molecule has 1 atom stereocenters. The highest BCUT2D eigenvalue weighted by Gasteiger charge is 2.30. The van der Waals surface area contributed by atoms with Gasteiger partial charge < -0.3 is 10.0 Å². The van der Waals surface area contributed by atoms with Crippen LogP contribution < -0.4 is 0 Å².